The van der Waals surface area contributed by atoms with E-state index in [1.807, 2.05) is 0 Å². The highest BCUT2D eigenvalue weighted by Gasteiger charge is 2.41. The molecule has 2 atom stereocenters. The molecular weight excluding hydrogens is 232 g/mol. The Hall–Kier alpha value is -1.36. The van der Waals surface area contributed by atoms with Crippen LogP contribution in [-0.4, -0.2) is 42.0 Å². The highest BCUT2D eigenvalue weighted by atomic mass is 16.5. The molecule has 2 aliphatic rings. The summed E-state index contributed by atoms with van der Waals surface area (Å²) in [7, 11) is 0. The van der Waals surface area contributed by atoms with Crippen molar-refractivity contribution in [3.8, 4) is 0 Å². The van der Waals surface area contributed by atoms with Crippen LogP contribution in [-0.2, 0) is 14.3 Å². The molecule has 1 heterocycles. The lowest BCUT2D eigenvalue weighted by molar-refractivity contribution is -0.152. The molecule has 0 bridgehead atoms. The average Bonchev–Trinajstić information content (AvgIpc) is 3.11. The van der Waals surface area contributed by atoms with E-state index in [1.54, 1.807) is 4.90 Å². The number of amides is 1. The van der Waals surface area contributed by atoms with Crippen molar-refractivity contribution in [3.63, 3.8) is 0 Å². The van der Waals surface area contributed by atoms with Crippen LogP contribution in [0.15, 0.2) is 12.7 Å². The summed E-state index contributed by atoms with van der Waals surface area (Å²) in [5, 5.41) is 0. The van der Waals surface area contributed by atoms with Crippen molar-refractivity contribution >= 4 is 11.9 Å². The van der Waals surface area contributed by atoms with Crippen molar-refractivity contribution < 1.29 is 14.3 Å². The zero-order chi connectivity index (χ0) is 13.1. The lowest BCUT2D eigenvalue weighted by Crippen LogP contribution is -2.49. The van der Waals surface area contributed by atoms with Crippen molar-refractivity contribution in [1.82, 2.24) is 4.90 Å². The number of carbonyl (C=O) groups excluding carboxylic acids is 2. The standard InChI is InChI=1S/C13H20N2O3/c1-2-8-18-13(17)10-4-3-7-15(10)12(16)11(14)9-5-6-9/h2,9-11H,1,3-8,14H2/t10-,11+/m1/s1. The van der Waals surface area contributed by atoms with Gasteiger partial charge in [-0.05, 0) is 31.6 Å². The molecule has 18 heavy (non-hydrogen) atoms. The van der Waals surface area contributed by atoms with E-state index < -0.39 is 12.1 Å². The first-order chi connectivity index (χ1) is 8.65. The Morgan fingerprint density at radius 3 is 2.78 bits per heavy atom. The summed E-state index contributed by atoms with van der Waals surface area (Å²) in [6.07, 6.45) is 5.06. The van der Waals surface area contributed by atoms with Gasteiger partial charge < -0.3 is 15.4 Å². The van der Waals surface area contributed by atoms with E-state index in [1.165, 1.54) is 6.08 Å². The Kier molecular flexibility index (Phi) is 4.01. The van der Waals surface area contributed by atoms with Crippen LogP contribution < -0.4 is 5.73 Å². The molecule has 0 aromatic carbocycles. The van der Waals surface area contributed by atoms with Gasteiger partial charge in [-0.3, -0.25) is 4.79 Å². The minimum Gasteiger partial charge on any atom is -0.460 e. The predicted octanol–water partition coefficient (Wildman–Crippen LogP) is 0.444. The van der Waals surface area contributed by atoms with Crippen LogP contribution in [0.25, 0.3) is 0 Å². The molecule has 100 valence electrons. The van der Waals surface area contributed by atoms with Gasteiger partial charge in [0.1, 0.15) is 12.6 Å². The van der Waals surface area contributed by atoms with Gasteiger partial charge in [0.25, 0.3) is 0 Å². The fraction of sp³-hybridized carbons (Fsp3) is 0.692. The summed E-state index contributed by atoms with van der Waals surface area (Å²) in [5.74, 6) is -0.137. The van der Waals surface area contributed by atoms with Gasteiger partial charge in [0.2, 0.25) is 5.91 Å². The molecule has 5 nitrogen and oxygen atoms in total. The average molecular weight is 252 g/mol. The normalized spacial score (nSPS) is 24.7. The summed E-state index contributed by atoms with van der Waals surface area (Å²) in [6.45, 7) is 4.29. The number of carbonyl (C=O) groups is 2. The summed E-state index contributed by atoms with van der Waals surface area (Å²) < 4.78 is 5.02. The fourth-order valence-corrected chi connectivity index (χ4v) is 2.36. The van der Waals surface area contributed by atoms with Crippen LogP contribution in [0.3, 0.4) is 0 Å². The second-order valence-corrected chi connectivity index (χ2v) is 4.97. The summed E-state index contributed by atoms with van der Waals surface area (Å²) >= 11 is 0. The molecule has 1 aliphatic heterocycles. The van der Waals surface area contributed by atoms with Crippen LogP contribution >= 0.6 is 0 Å². The zero-order valence-electron chi connectivity index (χ0n) is 10.5. The van der Waals surface area contributed by atoms with E-state index >= 15 is 0 Å². The van der Waals surface area contributed by atoms with Gasteiger partial charge in [0, 0.05) is 6.54 Å². The van der Waals surface area contributed by atoms with Crippen LogP contribution in [0.5, 0.6) is 0 Å². The van der Waals surface area contributed by atoms with Crippen LogP contribution in [0, 0.1) is 5.92 Å². The van der Waals surface area contributed by atoms with E-state index in [2.05, 4.69) is 6.58 Å². The second kappa shape index (κ2) is 5.52. The van der Waals surface area contributed by atoms with Gasteiger partial charge in [-0.25, -0.2) is 4.79 Å². The first-order valence-corrected chi connectivity index (χ1v) is 6.48. The minimum atomic E-state index is -0.456. The molecule has 0 aromatic rings. The molecular formula is C13H20N2O3. The molecule has 0 unspecified atom stereocenters. The van der Waals surface area contributed by atoms with Gasteiger partial charge in [0.05, 0.1) is 6.04 Å². The number of likely N-dealkylation sites (tertiary alicyclic amines) is 1. The molecule has 2 rings (SSSR count). The number of hydrogen-bond acceptors (Lipinski definition) is 4. The van der Waals surface area contributed by atoms with Crippen molar-refractivity contribution in [2.45, 2.75) is 37.8 Å². The maximum absolute atomic E-state index is 12.2. The van der Waals surface area contributed by atoms with Crippen LogP contribution in [0.4, 0.5) is 0 Å². The molecule has 0 aromatic heterocycles. The van der Waals surface area contributed by atoms with Crippen LogP contribution in [0.2, 0.25) is 0 Å². The van der Waals surface area contributed by atoms with Gasteiger partial charge in [-0.2, -0.15) is 0 Å². The lowest BCUT2D eigenvalue weighted by Gasteiger charge is -2.25. The van der Waals surface area contributed by atoms with E-state index in [4.69, 9.17) is 10.5 Å². The maximum atomic E-state index is 12.2. The molecule has 2 fully saturated rings. The quantitative estimate of drug-likeness (QED) is 0.569. The number of nitrogens with zero attached hydrogens (tertiary/aromatic N) is 1. The number of hydrogen-bond donors (Lipinski definition) is 1. The van der Waals surface area contributed by atoms with Gasteiger partial charge in [-0.1, -0.05) is 12.7 Å². The zero-order valence-corrected chi connectivity index (χ0v) is 10.5. The largest absolute Gasteiger partial charge is 0.460 e. The Labute approximate surface area is 107 Å². The summed E-state index contributed by atoms with van der Waals surface area (Å²) in [5.41, 5.74) is 5.91. The number of nitrogens with two attached hydrogens (primary N) is 1. The predicted molar refractivity (Wildman–Crippen MR) is 66.6 cm³/mol. The van der Waals surface area contributed by atoms with Gasteiger partial charge >= 0.3 is 5.97 Å². The van der Waals surface area contributed by atoms with Gasteiger partial charge in [-0.15, -0.1) is 0 Å². The first-order valence-electron chi connectivity index (χ1n) is 6.48. The van der Waals surface area contributed by atoms with E-state index in [0.29, 0.717) is 18.9 Å². The summed E-state index contributed by atoms with van der Waals surface area (Å²) in [4.78, 5) is 25.6. The molecule has 0 radical (unpaired) electrons. The number of ether oxygens (including phenoxy) is 1. The first kappa shape index (κ1) is 13.1. The van der Waals surface area contributed by atoms with E-state index in [-0.39, 0.29) is 18.5 Å². The Morgan fingerprint density at radius 1 is 1.44 bits per heavy atom. The van der Waals surface area contributed by atoms with Gasteiger partial charge in [0.15, 0.2) is 0 Å². The van der Waals surface area contributed by atoms with Crippen LogP contribution in [0.1, 0.15) is 25.7 Å². The molecule has 1 saturated heterocycles. The highest BCUT2D eigenvalue weighted by Crippen LogP contribution is 2.33. The molecule has 2 N–H and O–H groups in total. The van der Waals surface area contributed by atoms with Crippen molar-refractivity contribution in [2.75, 3.05) is 13.2 Å². The molecule has 5 heteroatoms. The van der Waals surface area contributed by atoms with E-state index in [0.717, 1.165) is 19.3 Å². The summed E-state index contributed by atoms with van der Waals surface area (Å²) in [6, 6.07) is -0.903. The smallest absolute Gasteiger partial charge is 0.329 e. The monoisotopic (exact) mass is 252 g/mol. The second-order valence-electron chi connectivity index (χ2n) is 4.97. The molecule has 1 saturated carbocycles. The third kappa shape index (κ3) is 2.72. The van der Waals surface area contributed by atoms with Crippen molar-refractivity contribution in [2.24, 2.45) is 11.7 Å². The minimum absolute atomic E-state index is 0.101. The molecule has 0 spiro atoms. The Morgan fingerprint density at radius 2 is 2.17 bits per heavy atom. The number of rotatable bonds is 5. The fourth-order valence-electron chi connectivity index (χ4n) is 2.36. The lowest BCUT2D eigenvalue weighted by atomic mass is 10.1. The number of esters is 1. The SMILES string of the molecule is C=CCOC(=O)[C@H]1CCCN1C(=O)[C@@H](N)C1CC1. The third-order valence-corrected chi connectivity index (χ3v) is 3.57. The Bertz CT molecular complexity index is 352. The van der Waals surface area contributed by atoms with Crippen molar-refractivity contribution in [1.29, 1.82) is 0 Å². The molecule has 1 amide bonds. The van der Waals surface area contributed by atoms with Crippen molar-refractivity contribution in [3.05, 3.63) is 12.7 Å². The third-order valence-electron chi connectivity index (χ3n) is 3.57. The highest BCUT2D eigenvalue weighted by molar-refractivity contribution is 5.88. The molecule has 1 aliphatic carbocycles. The Balaban J connectivity index is 1.95. The maximum Gasteiger partial charge on any atom is 0.329 e. The topological polar surface area (TPSA) is 72.6 Å². The van der Waals surface area contributed by atoms with E-state index in [9.17, 15) is 9.59 Å².